The first kappa shape index (κ1) is 17.9. The Morgan fingerprint density at radius 3 is 2.38 bits per heavy atom. The first-order valence-electron chi connectivity index (χ1n) is 8.18. The van der Waals surface area contributed by atoms with E-state index in [2.05, 4.69) is 40.7 Å². The fourth-order valence-corrected chi connectivity index (χ4v) is 2.50. The van der Waals surface area contributed by atoms with Gasteiger partial charge in [-0.1, -0.05) is 6.07 Å². The van der Waals surface area contributed by atoms with Crippen molar-refractivity contribution >= 4 is 17.3 Å². The summed E-state index contributed by atoms with van der Waals surface area (Å²) in [6, 6.07) is 9.60. The molecule has 1 aromatic heterocycles. The zero-order chi connectivity index (χ0) is 17.5. The Kier molecular flexibility index (Phi) is 6.32. The number of carbonyl (C=O) groups is 1. The van der Waals surface area contributed by atoms with Crippen molar-refractivity contribution in [2.75, 3.05) is 37.8 Å². The van der Waals surface area contributed by atoms with Crippen LogP contribution >= 0.6 is 0 Å². The van der Waals surface area contributed by atoms with E-state index in [4.69, 9.17) is 0 Å². The van der Waals surface area contributed by atoms with E-state index < -0.39 is 0 Å². The van der Waals surface area contributed by atoms with Crippen LogP contribution < -0.4 is 10.6 Å². The lowest BCUT2D eigenvalue weighted by atomic mass is 10.1. The summed E-state index contributed by atoms with van der Waals surface area (Å²) >= 11 is 0. The van der Waals surface area contributed by atoms with E-state index in [9.17, 15) is 4.79 Å². The topological polar surface area (TPSA) is 57.3 Å². The molecule has 0 aliphatic rings. The summed E-state index contributed by atoms with van der Waals surface area (Å²) in [5.41, 5.74) is 4.38. The van der Waals surface area contributed by atoms with Crippen LogP contribution in [0.2, 0.25) is 0 Å². The molecule has 0 aliphatic carbocycles. The Labute approximate surface area is 144 Å². The quantitative estimate of drug-likeness (QED) is 0.767. The van der Waals surface area contributed by atoms with E-state index in [1.54, 1.807) is 12.3 Å². The number of rotatable bonds is 7. The number of hydrogen-bond donors (Lipinski definition) is 2. The third kappa shape index (κ3) is 5.66. The summed E-state index contributed by atoms with van der Waals surface area (Å²) in [6.45, 7) is 5.94. The first-order chi connectivity index (χ1) is 11.4. The van der Waals surface area contributed by atoms with Gasteiger partial charge in [0.05, 0.1) is 11.9 Å². The Morgan fingerprint density at radius 2 is 1.79 bits per heavy atom. The number of nitrogens with zero attached hydrogens (tertiary/aromatic N) is 2. The molecular weight excluding hydrogens is 300 g/mol. The van der Waals surface area contributed by atoms with E-state index in [1.807, 2.05) is 32.0 Å². The Morgan fingerprint density at radius 1 is 1.08 bits per heavy atom. The van der Waals surface area contributed by atoms with Gasteiger partial charge in [0.25, 0.3) is 5.91 Å². The highest BCUT2D eigenvalue weighted by molar-refractivity contribution is 6.03. The van der Waals surface area contributed by atoms with Gasteiger partial charge in [0.2, 0.25) is 0 Å². The average Bonchev–Trinajstić information content (AvgIpc) is 2.51. The second-order valence-electron chi connectivity index (χ2n) is 6.35. The van der Waals surface area contributed by atoms with Gasteiger partial charge in [0.15, 0.2) is 0 Å². The number of amides is 1. The van der Waals surface area contributed by atoms with E-state index >= 15 is 0 Å². The molecule has 5 nitrogen and oxygen atoms in total. The average molecular weight is 326 g/mol. The minimum Gasteiger partial charge on any atom is -0.384 e. The molecule has 24 heavy (non-hydrogen) atoms. The van der Waals surface area contributed by atoms with Gasteiger partial charge in [0.1, 0.15) is 5.69 Å². The van der Waals surface area contributed by atoms with Crippen LogP contribution in [0.25, 0.3) is 0 Å². The zero-order valence-corrected chi connectivity index (χ0v) is 14.9. The molecule has 2 aromatic rings. The molecule has 0 unspecified atom stereocenters. The smallest absolute Gasteiger partial charge is 0.274 e. The molecule has 2 N–H and O–H groups in total. The van der Waals surface area contributed by atoms with Gasteiger partial charge in [-0.25, -0.2) is 4.98 Å². The van der Waals surface area contributed by atoms with Crippen LogP contribution in [0.1, 0.15) is 28.0 Å². The summed E-state index contributed by atoms with van der Waals surface area (Å²) < 4.78 is 0. The normalized spacial score (nSPS) is 10.7. The van der Waals surface area contributed by atoms with Gasteiger partial charge in [-0.3, -0.25) is 4.79 Å². The van der Waals surface area contributed by atoms with Gasteiger partial charge >= 0.3 is 0 Å². The highest BCUT2D eigenvalue weighted by atomic mass is 16.1. The van der Waals surface area contributed by atoms with E-state index in [0.717, 1.165) is 42.0 Å². The summed E-state index contributed by atoms with van der Waals surface area (Å²) in [4.78, 5) is 18.7. The highest BCUT2D eigenvalue weighted by Gasteiger charge is 2.08. The summed E-state index contributed by atoms with van der Waals surface area (Å²) in [6.07, 6.45) is 2.76. The predicted octanol–water partition coefficient (Wildman–Crippen LogP) is 3.31. The van der Waals surface area contributed by atoms with Crippen LogP contribution in [0.3, 0.4) is 0 Å². The van der Waals surface area contributed by atoms with Crippen LogP contribution in [0.4, 0.5) is 11.4 Å². The van der Waals surface area contributed by atoms with Crippen LogP contribution in [-0.2, 0) is 0 Å². The largest absolute Gasteiger partial charge is 0.384 e. The van der Waals surface area contributed by atoms with Gasteiger partial charge in [-0.2, -0.15) is 0 Å². The molecule has 0 saturated carbocycles. The molecule has 1 amide bonds. The molecule has 0 radical (unpaired) electrons. The summed E-state index contributed by atoms with van der Waals surface area (Å²) in [5, 5.41) is 6.21. The maximum atomic E-state index is 12.3. The fourth-order valence-electron chi connectivity index (χ4n) is 2.50. The second-order valence-corrected chi connectivity index (χ2v) is 6.35. The van der Waals surface area contributed by atoms with Crippen molar-refractivity contribution < 1.29 is 4.79 Å². The van der Waals surface area contributed by atoms with Gasteiger partial charge in [-0.15, -0.1) is 0 Å². The molecule has 0 saturated heterocycles. The number of hydrogen-bond acceptors (Lipinski definition) is 4. The summed E-state index contributed by atoms with van der Waals surface area (Å²) in [7, 11) is 4.12. The fraction of sp³-hybridized carbons (Fsp3) is 0.368. The molecular formula is C19H26N4O. The standard InChI is InChI=1S/C19H26N4O/c1-14-10-15(2)12-17(11-14)22-19(24)18-7-6-16(13-21-18)20-8-5-9-23(3)4/h6-7,10-13,20H,5,8-9H2,1-4H3,(H,22,24). The second kappa shape index (κ2) is 8.45. The van der Waals surface area contributed by atoms with Gasteiger partial charge in [-0.05, 0) is 76.3 Å². The van der Waals surface area contributed by atoms with Crippen molar-refractivity contribution in [3.05, 3.63) is 53.3 Å². The number of aryl methyl sites for hydroxylation is 2. The number of carbonyl (C=O) groups excluding carboxylic acids is 1. The van der Waals surface area contributed by atoms with E-state index in [0.29, 0.717) is 5.69 Å². The van der Waals surface area contributed by atoms with Gasteiger partial charge < -0.3 is 15.5 Å². The lowest BCUT2D eigenvalue weighted by molar-refractivity contribution is 0.102. The maximum Gasteiger partial charge on any atom is 0.274 e. The Bertz CT molecular complexity index is 660. The molecule has 0 fully saturated rings. The molecule has 0 bridgehead atoms. The summed E-state index contributed by atoms with van der Waals surface area (Å²) in [5.74, 6) is -0.195. The zero-order valence-electron chi connectivity index (χ0n) is 14.9. The van der Waals surface area contributed by atoms with Crippen LogP contribution in [0.5, 0.6) is 0 Å². The van der Waals surface area contributed by atoms with Crippen LogP contribution in [0, 0.1) is 13.8 Å². The third-order valence-electron chi connectivity index (χ3n) is 3.59. The monoisotopic (exact) mass is 326 g/mol. The Hall–Kier alpha value is -2.40. The molecule has 5 heteroatoms. The van der Waals surface area contributed by atoms with Crippen molar-refractivity contribution in [3.8, 4) is 0 Å². The number of pyridine rings is 1. The molecule has 0 atom stereocenters. The minimum absolute atomic E-state index is 0.195. The number of benzene rings is 1. The molecule has 0 spiro atoms. The molecule has 1 aromatic carbocycles. The van der Waals surface area contributed by atoms with Crippen molar-refractivity contribution in [2.45, 2.75) is 20.3 Å². The highest BCUT2D eigenvalue weighted by Crippen LogP contribution is 2.15. The van der Waals surface area contributed by atoms with Crippen LogP contribution in [-0.4, -0.2) is 43.0 Å². The lowest BCUT2D eigenvalue weighted by Crippen LogP contribution is -2.17. The van der Waals surface area contributed by atoms with Crippen molar-refractivity contribution in [2.24, 2.45) is 0 Å². The van der Waals surface area contributed by atoms with Crippen molar-refractivity contribution in [1.82, 2.24) is 9.88 Å². The number of nitrogens with one attached hydrogen (secondary N) is 2. The molecule has 2 rings (SSSR count). The lowest BCUT2D eigenvalue weighted by Gasteiger charge is -2.11. The molecule has 1 heterocycles. The molecule has 0 aliphatic heterocycles. The predicted molar refractivity (Wildman–Crippen MR) is 99.8 cm³/mol. The molecule has 128 valence electrons. The van der Waals surface area contributed by atoms with E-state index in [1.165, 1.54) is 0 Å². The van der Waals surface area contributed by atoms with Crippen molar-refractivity contribution in [1.29, 1.82) is 0 Å². The van der Waals surface area contributed by atoms with Gasteiger partial charge in [0, 0.05) is 12.2 Å². The SMILES string of the molecule is Cc1cc(C)cc(NC(=O)c2ccc(NCCCN(C)C)cn2)c1. The number of anilines is 2. The third-order valence-corrected chi connectivity index (χ3v) is 3.59. The van der Waals surface area contributed by atoms with Crippen LogP contribution in [0.15, 0.2) is 36.5 Å². The minimum atomic E-state index is -0.195. The maximum absolute atomic E-state index is 12.3. The van der Waals surface area contributed by atoms with Crippen molar-refractivity contribution in [3.63, 3.8) is 0 Å². The first-order valence-corrected chi connectivity index (χ1v) is 8.18. The van der Waals surface area contributed by atoms with E-state index in [-0.39, 0.29) is 5.91 Å². The number of aromatic nitrogens is 1. The Balaban J connectivity index is 1.91.